The third-order valence-electron chi connectivity index (χ3n) is 2.96. The van der Waals surface area contributed by atoms with Crippen LogP contribution in [-0.2, 0) is 0 Å². The van der Waals surface area contributed by atoms with Crippen molar-refractivity contribution in [1.82, 2.24) is 10.2 Å². The molecule has 0 radical (unpaired) electrons. The molecule has 2 rings (SSSR count). The summed E-state index contributed by atoms with van der Waals surface area (Å²) in [6.07, 6.45) is 10.3. The molecule has 0 aromatic rings. The van der Waals surface area contributed by atoms with Crippen LogP contribution < -0.4 is 5.32 Å². The summed E-state index contributed by atoms with van der Waals surface area (Å²) >= 11 is 0. The molecule has 2 heterocycles. The SMILES string of the molecule is CCC1CCN2C=CCCC2N1. The summed E-state index contributed by atoms with van der Waals surface area (Å²) in [5.74, 6) is 0. The quantitative estimate of drug-likeness (QED) is 0.637. The Hall–Kier alpha value is -0.500. The van der Waals surface area contributed by atoms with Crippen molar-refractivity contribution in [2.75, 3.05) is 6.54 Å². The minimum absolute atomic E-state index is 0.633. The topological polar surface area (TPSA) is 15.3 Å². The zero-order valence-corrected chi connectivity index (χ0v) is 7.79. The molecule has 0 amide bonds. The van der Waals surface area contributed by atoms with Crippen molar-refractivity contribution in [3.8, 4) is 0 Å². The molecule has 68 valence electrons. The molecular formula is C10H18N2. The van der Waals surface area contributed by atoms with Gasteiger partial charge < -0.3 is 4.90 Å². The van der Waals surface area contributed by atoms with Gasteiger partial charge in [-0.1, -0.05) is 13.0 Å². The standard InChI is InChI=1S/C10H18N2/c1-2-9-6-8-12-7-4-3-5-10(12)11-9/h4,7,9-11H,2-3,5-6,8H2,1H3. The summed E-state index contributed by atoms with van der Waals surface area (Å²) < 4.78 is 0. The van der Waals surface area contributed by atoms with Crippen LogP contribution in [0.3, 0.4) is 0 Å². The number of hydrogen-bond acceptors (Lipinski definition) is 2. The fraction of sp³-hybridized carbons (Fsp3) is 0.800. The number of allylic oxidation sites excluding steroid dienone is 1. The Balaban J connectivity index is 1.96. The summed E-state index contributed by atoms with van der Waals surface area (Å²) in [6, 6.07) is 0.762. The number of fused-ring (bicyclic) bond motifs is 1. The minimum Gasteiger partial charge on any atom is -0.362 e. The Morgan fingerprint density at radius 3 is 3.25 bits per heavy atom. The molecule has 0 aromatic heterocycles. The Morgan fingerprint density at radius 1 is 1.50 bits per heavy atom. The molecule has 1 saturated heterocycles. The third kappa shape index (κ3) is 1.48. The highest BCUT2D eigenvalue weighted by Crippen LogP contribution is 2.19. The van der Waals surface area contributed by atoms with Crippen LogP contribution >= 0.6 is 0 Å². The predicted octanol–water partition coefficient (Wildman–Crippen LogP) is 1.69. The molecule has 2 aliphatic rings. The molecule has 1 fully saturated rings. The molecular weight excluding hydrogens is 148 g/mol. The van der Waals surface area contributed by atoms with E-state index in [2.05, 4.69) is 29.4 Å². The molecule has 0 aliphatic carbocycles. The van der Waals surface area contributed by atoms with Crippen molar-refractivity contribution in [3.63, 3.8) is 0 Å². The molecule has 12 heavy (non-hydrogen) atoms. The van der Waals surface area contributed by atoms with Gasteiger partial charge in [0.1, 0.15) is 0 Å². The van der Waals surface area contributed by atoms with Gasteiger partial charge in [0.2, 0.25) is 0 Å². The second-order valence-electron chi connectivity index (χ2n) is 3.78. The summed E-state index contributed by atoms with van der Waals surface area (Å²) in [5.41, 5.74) is 0. The lowest BCUT2D eigenvalue weighted by Crippen LogP contribution is -2.54. The first-order valence-electron chi connectivity index (χ1n) is 5.08. The maximum Gasteiger partial charge on any atom is 0.0795 e. The van der Waals surface area contributed by atoms with Crippen molar-refractivity contribution in [1.29, 1.82) is 0 Å². The van der Waals surface area contributed by atoms with Crippen LogP contribution in [-0.4, -0.2) is 23.7 Å². The van der Waals surface area contributed by atoms with Crippen molar-refractivity contribution >= 4 is 0 Å². The van der Waals surface area contributed by atoms with Gasteiger partial charge in [-0.15, -0.1) is 0 Å². The van der Waals surface area contributed by atoms with E-state index in [0.29, 0.717) is 6.17 Å². The van der Waals surface area contributed by atoms with E-state index in [0.717, 1.165) is 6.04 Å². The Kier molecular flexibility index (Phi) is 2.35. The van der Waals surface area contributed by atoms with Crippen LogP contribution in [0.25, 0.3) is 0 Å². The predicted molar refractivity (Wildman–Crippen MR) is 50.7 cm³/mol. The second kappa shape index (κ2) is 3.48. The molecule has 2 unspecified atom stereocenters. The smallest absolute Gasteiger partial charge is 0.0795 e. The highest BCUT2D eigenvalue weighted by molar-refractivity contribution is 4.96. The first-order chi connectivity index (χ1) is 5.90. The Labute approximate surface area is 74.6 Å². The highest BCUT2D eigenvalue weighted by Gasteiger charge is 2.25. The van der Waals surface area contributed by atoms with E-state index in [1.165, 1.54) is 32.2 Å². The van der Waals surface area contributed by atoms with Crippen LogP contribution in [0.2, 0.25) is 0 Å². The zero-order chi connectivity index (χ0) is 8.39. The third-order valence-corrected chi connectivity index (χ3v) is 2.96. The maximum absolute atomic E-state index is 3.68. The molecule has 2 aliphatic heterocycles. The number of nitrogens with zero attached hydrogens (tertiary/aromatic N) is 1. The summed E-state index contributed by atoms with van der Waals surface area (Å²) in [6.45, 7) is 3.51. The summed E-state index contributed by atoms with van der Waals surface area (Å²) in [5, 5.41) is 3.68. The van der Waals surface area contributed by atoms with Crippen LogP contribution in [0.1, 0.15) is 32.6 Å². The van der Waals surface area contributed by atoms with Gasteiger partial charge in [0.25, 0.3) is 0 Å². The van der Waals surface area contributed by atoms with Crippen LogP contribution in [0, 0.1) is 0 Å². The van der Waals surface area contributed by atoms with Gasteiger partial charge in [0.15, 0.2) is 0 Å². The Bertz CT molecular complexity index is 177. The number of rotatable bonds is 1. The van der Waals surface area contributed by atoms with E-state index in [-0.39, 0.29) is 0 Å². The van der Waals surface area contributed by atoms with E-state index in [1.807, 2.05) is 0 Å². The maximum atomic E-state index is 3.68. The minimum atomic E-state index is 0.633. The molecule has 2 heteroatoms. The second-order valence-corrected chi connectivity index (χ2v) is 3.78. The van der Waals surface area contributed by atoms with Gasteiger partial charge in [-0.3, -0.25) is 5.32 Å². The van der Waals surface area contributed by atoms with Gasteiger partial charge in [0, 0.05) is 12.6 Å². The van der Waals surface area contributed by atoms with Gasteiger partial charge in [-0.05, 0) is 31.9 Å². The van der Waals surface area contributed by atoms with Crippen molar-refractivity contribution < 1.29 is 0 Å². The molecule has 0 saturated carbocycles. The lowest BCUT2D eigenvalue weighted by molar-refractivity contribution is 0.137. The van der Waals surface area contributed by atoms with E-state index < -0.39 is 0 Å². The van der Waals surface area contributed by atoms with Crippen LogP contribution in [0.5, 0.6) is 0 Å². The fourth-order valence-electron chi connectivity index (χ4n) is 2.13. The molecule has 0 bridgehead atoms. The number of nitrogens with one attached hydrogen (secondary N) is 1. The first-order valence-corrected chi connectivity index (χ1v) is 5.08. The van der Waals surface area contributed by atoms with Gasteiger partial charge >= 0.3 is 0 Å². The van der Waals surface area contributed by atoms with Crippen molar-refractivity contribution in [2.24, 2.45) is 0 Å². The lowest BCUT2D eigenvalue weighted by Gasteiger charge is -2.41. The van der Waals surface area contributed by atoms with E-state index in [1.54, 1.807) is 0 Å². The van der Waals surface area contributed by atoms with E-state index in [4.69, 9.17) is 0 Å². The Morgan fingerprint density at radius 2 is 2.42 bits per heavy atom. The van der Waals surface area contributed by atoms with Gasteiger partial charge in [0.05, 0.1) is 6.17 Å². The fourth-order valence-corrected chi connectivity index (χ4v) is 2.13. The molecule has 0 spiro atoms. The summed E-state index contributed by atoms with van der Waals surface area (Å²) in [7, 11) is 0. The molecule has 1 N–H and O–H groups in total. The molecule has 0 aromatic carbocycles. The van der Waals surface area contributed by atoms with E-state index in [9.17, 15) is 0 Å². The highest BCUT2D eigenvalue weighted by atomic mass is 15.3. The lowest BCUT2D eigenvalue weighted by atomic mass is 10.0. The van der Waals surface area contributed by atoms with Crippen molar-refractivity contribution in [3.05, 3.63) is 12.3 Å². The molecule has 2 atom stereocenters. The first kappa shape index (κ1) is 8.11. The zero-order valence-electron chi connectivity index (χ0n) is 7.79. The average molecular weight is 166 g/mol. The summed E-state index contributed by atoms with van der Waals surface area (Å²) in [4.78, 5) is 2.44. The van der Waals surface area contributed by atoms with Crippen LogP contribution in [0.4, 0.5) is 0 Å². The van der Waals surface area contributed by atoms with Crippen molar-refractivity contribution in [2.45, 2.75) is 44.8 Å². The molecule has 2 nitrogen and oxygen atoms in total. The normalized spacial score (nSPS) is 34.9. The van der Waals surface area contributed by atoms with Crippen LogP contribution in [0.15, 0.2) is 12.3 Å². The van der Waals surface area contributed by atoms with Gasteiger partial charge in [-0.2, -0.15) is 0 Å². The van der Waals surface area contributed by atoms with E-state index >= 15 is 0 Å². The number of hydrogen-bond donors (Lipinski definition) is 1. The largest absolute Gasteiger partial charge is 0.362 e. The monoisotopic (exact) mass is 166 g/mol. The average Bonchev–Trinajstić information content (AvgIpc) is 2.17. The van der Waals surface area contributed by atoms with Gasteiger partial charge in [-0.25, -0.2) is 0 Å².